The van der Waals surface area contributed by atoms with Gasteiger partial charge in [-0.1, -0.05) is 6.07 Å². The van der Waals surface area contributed by atoms with E-state index in [0.29, 0.717) is 12.1 Å². The lowest BCUT2D eigenvalue weighted by Crippen LogP contribution is -2.32. The van der Waals surface area contributed by atoms with Gasteiger partial charge in [-0.05, 0) is 37.3 Å². The highest BCUT2D eigenvalue weighted by Gasteiger charge is 2.21. The number of hydrogen-bond donors (Lipinski definition) is 1. The van der Waals surface area contributed by atoms with E-state index in [1.165, 1.54) is 0 Å². The van der Waals surface area contributed by atoms with E-state index in [2.05, 4.69) is 10.4 Å². The Hall–Kier alpha value is -2.25. The molecule has 1 aliphatic rings. The van der Waals surface area contributed by atoms with Crippen molar-refractivity contribution < 1.29 is 9.53 Å². The molecular formula is C18H20N4O2S. The molecule has 0 saturated carbocycles. The number of ether oxygens (including phenoxy) is 1. The number of fused-ring (bicyclic) bond motifs is 1. The lowest BCUT2D eigenvalue weighted by molar-refractivity contribution is 0.0859. The van der Waals surface area contributed by atoms with E-state index < -0.39 is 0 Å². The number of thiophene rings is 1. The summed E-state index contributed by atoms with van der Waals surface area (Å²) < 4.78 is 7.33. The van der Waals surface area contributed by atoms with Crippen molar-refractivity contribution in [2.24, 2.45) is 7.05 Å². The number of aryl methyl sites for hydroxylation is 2. The number of hydrogen-bond acceptors (Lipinski definition) is 5. The van der Waals surface area contributed by atoms with Crippen LogP contribution >= 0.6 is 11.3 Å². The van der Waals surface area contributed by atoms with E-state index in [-0.39, 0.29) is 12.0 Å². The Kier molecular flexibility index (Phi) is 4.27. The molecule has 130 valence electrons. The first-order chi connectivity index (χ1) is 12.1. The van der Waals surface area contributed by atoms with E-state index in [4.69, 9.17) is 9.72 Å². The van der Waals surface area contributed by atoms with Crippen LogP contribution in [-0.4, -0.2) is 39.9 Å². The average Bonchev–Trinajstić information content (AvgIpc) is 3.35. The van der Waals surface area contributed by atoms with Crippen LogP contribution < -0.4 is 5.32 Å². The second-order valence-corrected chi connectivity index (χ2v) is 7.23. The summed E-state index contributed by atoms with van der Waals surface area (Å²) in [7, 11) is 1.86. The zero-order chi connectivity index (χ0) is 17.4. The maximum atomic E-state index is 12.9. The number of carbonyl (C=O) groups excluding carboxylic acids is 1. The number of aromatic nitrogens is 3. The number of nitrogens with zero attached hydrogens (tertiary/aromatic N) is 3. The summed E-state index contributed by atoms with van der Waals surface area (Å²) in [5.74, 6) is -0.100. The highest BCUT2D eigenvalue weighted by Crippen LogP contribution is 2.29. The highest BCUT2D eigenvalue weighted by molar-refractivity contribution is 7.13. The number of amides is 1. The third-order valence-electron chi connectivity index (χ3n) is 4.50. The zero-order valence-electron chi connectivity index (χ0n) is 14.3. The molecule has 1 N–H and O–H groups in total. The second-order valence-electron chi connectivity index (χ2n) is 6.29. The monoisotopic (exact) mass is 356 g/mol. The van der Waals surface area contributed by atoms with Gasteiger partial charge in [0.15, 0.2) is 5.65 Å². The van der Waals surface area contributed by atoms with Crippen molar-refractivity contribution in [3.63, 3.8) is 0 Å². The predicted octanol–water partition coefficient (Wildman–Crippen LogP) is 2.91. The summed E-state index contributed by atoms with van der Waals surface area (Å²) in [4.78, 5) is 18.6. The van der Waals surface area contributed by atoms with Crippen molar-refractivity contribution in [2.75, 3.05) is 13.2 Å². The molecule has 0 aromatic carbocycles. The minimum Gasteiger partial charge on any atom is -0.376 e. The van der Waals surface area contributed by atoms with Gasteiger partial charge in [0.25, 0.3) is 5.91 Å². The first kappa shape index (κ1) is 16.2. The van der Waals surface area contributed by atoms with Gasteiger partial charge in [0.1, 0.15) is 0 Å². The van der Waals surface area contributed by atoms with Crippen LogP contribution in [0.4, 0.5) is 0 Å². The summed E-state index contributed by atoms with van der Waals surface area (Å²) in [6.07, 6.45) is 2.18. The Morgan fingerprint density at radius 1 is 1.52 bits per heavy atom. The van der Waals surface area contributed by atoms with E-state index >= 15 is 0 Å². The summed E-state index contributed by atoms with van der Waals surface area (Å²) >= 11 is 1.61. The number of nitrogens with one attached hydrogen (secondary N) is 1. The summed E-state index contributed by atoms with van der Waals surface area (Å²) in [5.41, 5.74) is 2.96. The van der Waals surface area contributed by atoms with E-state index in [0.717, 1.165) is 46.7 Å². The molecule has 0 aliphatic carbocycles. The molecule has 0 radical (unpaired) electrons. The van der Waals surface area contributed by atoms with Crippen LogP contribution in [0.15, 0.2) is 23.6 Å². The van der Waals surface area contributed by atoms with Gasteiger partial charge < -0.3 is 10.1 Å². The molecular weight excluding hydrogens is 336 g/mol. The summed E-state index contributed by atoms with van der Waals surface area (Å²) in [6, 6.07) is 5.86. The molecule has 1 atom stereocenters. The van der Waals surface area contributed by atoms with Crippen LogP contribution in [-0.2, 0) is 11.8 Å². The van der Waals surface area contributed by atoms with Crippen molar-refractivity contribution in [3.8, 4) is 10.6 Å². The molecule has 0 bridgehead atoms. The molecule has 1 fully saturated rings. The Balaban J connectivity index is 1.73. The number of rotatable bonds is 4. The maximum absolute atomic E-state index is 12.9. The minimum atomic E-state index is -0.100. The summed E-state index contributed by atoms with van der Waals surface area (Å²) in [6.45, 7) is 3.23. The molecule has 4 rings (SSSR count). The van der Waals surface area contributed by atoms with Crippen molar-refractivity contribution in [2.45, 2.75) is 25.9 Å². The van der Waals surface area contributed by atoms with Crippen molar-refractivity contribution in [1.29, 1.82) is 0 Å². The molecule has 1 amide bonds. The zero-order valence-corrected chi connectivity index (χ0v) is 15.1. The molecule has 0 spiro atoms. The third-order valence-corrected chi connectivity index (χ3v) is 5.39. The van der Waals surface area contributed by atoms with Gasteiger partial charge in [0, 0.05) is 20.2 Å². The average molecular weight is 356 g/mol. The lowest BCUT2D eigenvalue weighted by atomic mass is 10.1. The molecule has 3 aromatic heterocycles. The van der Waals surface area contributed by atoms with E-state index in [9.17, 15) is 4.79 Å². The van der Waals surface area contributed by atoms with Crippen LogP contribution in [0.25, 0.3) is 21.6 Å². The maximum Gasteiger partial charge on any atom is 0.252 e. The minimum absolute atomic E-state index is 0.100. The standard InChI is InChI=1S/C18H20N4O2S/c1-11-16-13(18(23)19-10-12-5-3-7-24-12)9-14(15-6-4-8-25-15)20-17(16)22(2)21-11/h4,6,8-9,12H,3,5,7,10H2,1-2H3,(H,19,23). The smallest absolute Gasteiger partial charge is 0.252 e. The van der Waals surface area contributed by atoms with Gasteiger partial charge in [-0.25, -0.2) is 4.98 Å². The van der Waals surface area contributed by atoms with Crippen LogP contribution in [0, 0.1) is 6.92 Å². The van der Waals surface area contributed by atoms with Crippen LogP contribution in [0.1, 0.15) is 28.9 Å². The SMILES string of the molecule is Cc1nn(C)c2nc(-c3cccs3)cc(C(=O)NCC3CCCO3)c12. The number of pyridine rings is 1. The van der Waals surface area contributed by atoms with Gasteiger partial charge in [-0.15, -0.1) is 11.3 Å². The van der Waals surface area contributed by atoms with Crippen LogP contribution in [0.3, 0.4) is 0 Å². The second kappa shape index (κ2) is 6.57. The van der Waals surface area contributed by atoms with Crippen molar-refractivity contribution >= 4 is 28.3 Å². The first-order valence-corrected chi connectivity index (χ1v) is 9.29. The Morgan fingerprint density at radius 3 is 3.12 bits per heavy atom. The highest BCUT2D eigenvalue weighted by atomic mass is 32.1. The molecule has 7 heteroatoms. The molecule has 1 unspecified atom stereocenters. The first-order valence-electron chi connectivity index (χ1n) is 8.41. The molecule has 4 heterocycles. The Labute approximate surface area is 149 Å². The van der Waals surface area contributed by atoms with Gasteiger partial charge in [0.2, 0.25) is 0 Å². The quantitative estimate of drug-likeness (QED) is 0.780. The van der Waals surface area contributed by atoms with E-state index in [1.54, 1.807) is 16.0 Å². The van der Waals surface area contributed by atoms with Gasteiger partial charge in [0.05, 0.1) is 33.3 Å². The van der Waals surface area contributed by atoms with Gasteiger partial charge in [-0.2, -0.15) is 5.10 Å². The Morgan fingerprint density at radius 2 is 2.40 bits per heavy atom. The van der Waals surface area contributed by atoms with Crippen LogP contribution in [0.5, 0.6) is 0 Å². The number of carbonyl (C=O) groups is 1. The molecule has 3 aromatic rings. The fourth-order valence-electron chi connectivity index (χ4n) is 3.28. The topological polar surface area (TPSA) is 69.0 Å². The van der Waals surface area contributed by atoms with E-state index in [1.807, 2.05) is 37.6 Å². The summed E-state index contributed by atoms with van der Waals surface area (Å²) in [5, 5.41) is 10.3. The third kappa shape index (κ3) is 3.05. The normalized spacial score (nSPS) is 17.3. The van der Waals surface area contributed by atoms with Crippen molar-refractivity contribution in [1.82, 2.24) is 20.1 Å². The molecule has 25 heavy (non-hydrogen) atoms. The molecule has 1 aliphatic heterocycles. The predicted molar refractivity (Wildman–Crippen MR) is 97.9 cm³/mol. The fourth-order valence-corrected chi connectivity index (χ4v) is 3.97. The van der Waals surface area contributed by atoms with Gasteiger partial charge >= 0.3 is 0 Å². The Bertz CT molecular complexity index is 911. The largest absolute Gasteiger partial charge is 0.376 e. The lowest BCUT2D eigenvalue weighted by Gasteiger charge is -2.12. The van der Waals surface area contributed by atoms with Crippen molar-refractivity contribution in [3.05, 3.63) is 34.8 Å². The fraction of sp³-hybridized carbons (Fsp3) is 0.389. The molecule has 6 nitrogen and oxygen atoms in total. The van der Waals surface area contributed by atoms with Gasteiger partial charge in [-0.3, -0.25) is 9.48 Å². The van der Waals surface area contributed by atoms with Crippen LogP contribution in [0.2, 0.25) is 0 Å². The molecule has 1 saturated heterocycles.